The maximum Gasteiger partial charge on any atom is 0.397 e. The summed E-state index contributed by atoms with van der Waals surface area (Å²) in [6, 6.07) is 0.573. The molecule has 43 heavy (non-hydrogen) atoms. The number of unbranched alkanes of at least 4 members (excludes halogenated alkanes) is 1. The summed E-state index contributed by atoms with van der Waals surface area (Å²) in [4.78, 5) is 0. The molecule has 0 amide bonds. The van der Waals surface area contributed by atoms with E-state index in [4.69, 9.17) is 9.92 Å². The van der Waals surface area contributed by atoms with Gasteiger partial charge in [-0.1, -0.05) is 34.6 Å². The predicted octanol–water partition coefficient (Wildman–Crippen LogP) is 5.55. The van der Waals surface area contributed by atoms with Gasteiger partial charge < -0.3 is 21.5 Å². The first kappa shape index (κ1) is 35.6. The van der Waals surface area contributed by atoms with Crippen LogP contribution in [0.3, 0.4) is 0 Å². The van der Waals surface area contributed by atoms with Crippen LogP contribution in [0.25, 0.3) is 0 Å². The van der Waals surface area contributed by atoms with E-state index < -0.39 is 16.5 Å². The van der Waals surface area contributed by atoms with Crippen LogP contribution in [0.2, 0.25) is 0 Å². The Hall–Kier alpha value is -0.290. The van der Waals surface area contributed by atoms with Crippen LogP contribution in [-0.4, -0.2) is 62.5 Å². The topological polar surface area (TPSA) is 134 Å². The summed E-state index contributed by atoms with van der Waals surface area (Å²) in [5, 5.41) is 19.2. The van der Waals surface area contributed by atoms with Crippen molar-refractivity contribution in [2.45, 2.75) is 136 Å². The lowest BCUT2D eigenvalue weighted by molar-refractivity contribution is -0.167. The summed E-state index contributed by atoms with van der Waals surface area (Å²) in [5.74, 6) is 3.21. The largest absolute Gasteiger partial charge is 0.397 e. The number of rotatable bonds is 16. The highest BCUT2D eigenvalue weighted by Gasteiger charge is 2.62. The van der Waals surface area contributed by atoms with Gasteiger partial charge in [-0.05, 0) is 162 Å². The highest BCUT2D eigenvalue weighted by atomic mass is 32.3. The monoisotopic (exact) mass is 627 g/mol. The highest BCUT2D eigenvalue weighted by Crippen LogP contribution is 2.68. The molecule has 4 saturated carbocycles. The molecule has 0 heterocycles. The van der Waals surface area contributed by atoms with Crippen LogP contribution in [0, 0.1) is 52.3 Å². The molecule has 0 aromatic heterocycles. The second kappa shape index (κ2) is 15.1. The smallest absolute Gasteiger partial charge is 0.393 e. The molecule has 4 aliphatic carbocycles. The fourth-order valence-electron chi connectivity index (χ4n) is 10.7. The quantitative estimate of drug-likeness (QED) is 0.111. The maximum atomic E-state index is 11.8. The summed E-state index contributed by atoms with van der Waals surface area (Å²) >= 11 is 0. The summed E-state index contributed by atoms with van der Waals surface area (Å²) in [6.45, 7) is 15.3. The Kier molecular flexibility index (Phi) is 12.5. The van der Waals surface area contributed by atoms with Crippen molar-refractivity contribution in [1.29, 1.82) is 0 Å². The molecule has 4 rings (SSSR count). The minimum Gasteiger partial charge on any atom is -0.393 e. The second-order valence-corrected chi connectivity index (χ2v) is 17.0. The average Bonchev–Trinajstić information content (AvgIpc) is 3.29. The number of hydrogen-bond donors (Lipinski definition) is 5. The molecule has 0 aromatic carbocycles. The zero-order chi connectivity index (χ0) is 31.4. The molecular weight excluding hydrogens is 562 g/mol. The third-order valence-electron chi connectivity index (χ3n) is 13.1. The molecule has 0 aliphatic heterocycles. The summed E-state index contributed by atoms with van der Waals surface area (Å²) in [5.41, 5.74) is 6.13. The number of nitrogens with two attached hydrogens (primary N) is 1. The molecule has 252 valence electrons. The molecule has 6 N–H and O–H groups in total. The molecule has 4 aliphatic rings. The third-order valence-corrected chi connectivity index (χ3v) is 13.6. The zero-order valence-electron chi connectivity index (χ0n) is 27.9. The summed E-state index contributed by atoms with van der Waals surface area (Å²) in [7, 11) is -4.45. The van der Waals surface area contributed by atoms with Crippen LogP contribution in [-0.2, 0) is 14.6 Å². The fourth-order valence-corrected chi connectivity index (χ4v) is 11.3. The van der Waals surface area contributed by atoms with Crippen molar-refractivity contribution in [1.82, 2.24) is 10.6 Å². The van der Waals surface area contributed by atoms with Gasteiger partial charge in [0, 0.05) is 6.04 Å². The summed E-state index contributed by atoms with van der Waals surface area (Å²) < 4.78 is 37.1. The Bertz CT molecular complexity index is 981. The first-order chi connectivity index (χ1) is 20.3. The van der Waals surface area contributed by atoms with Gasteiger partial charge in [0.05, 0.1) is 12.2 Å². The molecule has 0 aromatic rings. The molecular formula is C34H65N3O5S. The van der Waals surface area contributed by atoms with Crippen LogP contribution < -0.4 is 16.4 Å². The molecule has 11 atom stereocenters. The SMILES string of the molecule is CC(C)C(CCC(C)C1CCC2C3C(O)CC4CC(NCCCNCCCCN)CCC4(C)C3CCC12C)OS(=O)(=O)O. The normalized spacial score (nSPS) is 39.2. The molecule has 9 heteroatoms. The van der Waals surface area contributed by atoms with Gasteiger partial charge in [-0.2, -0.15) is 8.42 Å². The lowest BCUT2D eigenvalue weighted by Crippen LogP contribution is -2.59. The van der Waals surface area contributed by atoms with Gasteiger partial charge in [0.2, 0.25) is 0 Å². The Morgan fingerprint density at radius 1 is 0.907 bits per heavy atom. The van der Waals surface area contributed by atoms with E-state index in [1.54, 1.807) is 0 Å². The van der Waals surface area contributed by atoms with Gasteiger partial charge in [-0.3, -0.25) is 4.55 Å². The Morgan fingerprint density at radius 3 is 2.30 bits per heavy atom. The lowest BCUT2D eigenvalue weighted by atomic mass is 9.43. The first-order valence-corrected chi connectivity index (χ1v) is 19.1. The first-order valence-electron chi connectivity index (χ1n) is 17.8. The van der Waals surface area contributed by atoms with Gasteiger partial charge in [-0.25, -0.2) is 4.18 Å². The van der Waals surface area contributed by atoms with E-state index in [1.807, 2.05) is 13.8 Å². The van der Waals surface area contributed by atoms with E-state index in [0.717, 1.165) is 58.3 Å². The minimum absolute atomic E-state index is 0.0152. The lowest BCUT2D eigenvalue weighted by Gasteiger charge is -2.62. The van der Waals surface area contributed by atoms with Gasteiger partial charge >= 0.3 is 10.4 Å². The van der Waals surface area contributed by atoms with Gasteiger partial charge in [-0.15, -0.1) is 0 Å². The Labute approximate surface area is 263 Å². The molecule has 0 bridgehead atoms. The molecule has 8 nitrogen and oxygen atoms in total. The Balaban J connectivity index is 1.32. The highest BCUT2D eigenvalue weighted by molar-refractivity contribution is 7.80. The molecule has 0 spiro atoms. The number of fused-ring (bicyclic) bond motifs is 5. The number of aliphatic hydroxyl groups excluding tert-OH is 1. The van der Waals surface area contributed by atoms with Crippen molar-refractivity contribution in [3.63, 3.8) is 0 Å². The van der Waals surface area contributed by atoms with Crippen molar-refractivity contribution < 1.29 is 22.3 Å². The van der Waals surface area contributed by atoms with Crippen molar-refractivity contribution >= 4 is 10.4 Å². The van der Waals surface area contributed by atoms with Crippen molar-refractivity contribution in [2.75, 3.05) is 26.2 Å². The van der Waals surface area contributed by atoms with Crippen molar-refractivity contribution in [3.8, 4) is 0 Å². The summed E-state index contributed by atoms with van der Waals surface area (Å²) in [6.07, 6.45) is 13.7. The standard InChI is InChI=1S/C34H65N3O5S/c1-23(2)31(42-43(39,40)41)12-9-24(3)27-10-11-28-32-29(14-16-34(27,28)5)33(4)15-13-26(21-25(33)22-30(32)38)37-20-8-19-36-18-7-6-17-35/h23-32,36-38H,6-22,35H2,1-5H3,(H,39,40,41). The van der Waals surface area contributed by atoms with E-state index in [1.165, 1.54) is 44.9 Å². The third kappa shape index (κ3) is 8.36. The molecule has 11 unspecified atom stereocenters. The van der Waals surface area contributed by atoms with E-state index in [-0.39, 0.29) is 17.4 Å². The van der Waals surface area contributed by atoms with Crippen LogP contribution in [0.4, 0.5) is 0 Å². The van der Waals surface area contributed by atoms with Crippen LogP contribution in [0.1, 0.15) is 118 Å². The number of aliphatic hydroxyl groups is 1. The average molecular weight is 628 g/mol. The molecule has 0 saturated heterocycles. The fraction of sp³-hybridized carbons (Fsp3) is 1.00. The van der Waals surface area contributed by atoms with Crippen LogP contribution in [0.15, 0.2) is 0 Å². The molecule has 0 radical (unpaired) electrons. The minimum atomic E-state index is -4.45. The van der Waals surface area contributed by atoms with Gasteiger partial charge in [0.25, 0.3) is 0 Å². The number of nitrogens with one attached hydrogen (secondary N) is 2. The van der Waals surface area contributed by atoms with E-state index in [9.17, 15) is 18.1 Å². The van der Waals surface area contributed by atoms with E-state index >= 15 is 0 Å². The van der Waals surface area contributed by atoms with Crippen LogP contribution >= 0.6 is 0 Å². The Morgan fingerprint density at radius 2 is 1.60 bits per heavy atom. The van der Waals surface area contributed by atoms with Crippen molar-refractivity contribution in [2.24, 2.45) is 58.0 Å². The maximum absolute atomic E-state index is 11.8. The van der Waals surface area contributed by atoms with Gasteiger partial charge in [0.1, 0.15) is 0 Å². The molecule has 4 fully saturated rings. The second-order valence-electron chi connectivity index (χ2n) is 15.9. The van der Waals surface area contributed by atoms with Gasteiger partial charge in [0.15, 0.2) is 0 Å². The van der Waals surface area contributed by atoms with Crippen LogP contribution in [0.5, 0.6) is 0 Å². The van der Waals surface area contributed by atoms with Crippen molar-refractivity contribution in [3.05, 3.63) is 0 Å². The van der Waals surface area contributed by atoms with E-state index in [2.05, 4.69) is 31.4 Å². The van der Waals surface area contributed by atoms with E-state index in [0.29, 0.717) is 53.4 Å². The predicted molar refractivity (Wildman–Crippen MR) is 174 cm³/mol. The number of hydrogen-bond acceptors (Lipinski definition) is 7. The zero-order valence-corrected chi connectivity index (χ0v) is 28.7.